The second-order valence-corrected chi connectivity index (χ2v) is 8.25. The molecule has 26 heavy (non-hydrogen) atoms. The molecule has 2 N–H and O–H groups in total. The molecule has 0 saturated heterocycles. The number of hydrogen-bond acceptors (Lipinski definition) is 5. The van der Waals surface area contributed by atoms with E-state index in [2.05, 4.69) is 20.5 Å². The van der Waals surface area contributed by atoms with E-state index in [1.54, 1.807) is 6.21 Å². The molecule has 0 spiro atoms. The van der Waals surface area contributed by atoms with Gasteiger partial charge in [-0.25, -0.2) is 10.4 Å². The first-order valence-electron chi connectivity index (χ1n) is 8.47. The number of phenols is 1. The SMILES string of the molecule is CC(C)(C)c1cc(C=NNC(=O)c2cnccn2)cc(C(C)(C)C)c1O. The minimum atomic E-state index is -0.430. The number of nitrogens with one attached hydrogen (secondary N) is 1. The first-order chi connectivity index (χ1) is 12.0. The molecule has 0 saturated carbocycles. The minimum Gasteiger partial charge on any atom is -0.507 e. The van der Waals surface area contributed by atoms with Crippen LogP contribution in [-0.4, -0.2) is 27.2 Å². The lowest BCUT2D eigenvalue weighted by Crippen LogP contribution is -2.20. The zero-order valence-electron chi connectivity index (χ0n) is 16.2. The van der Waals surface area contributed by atoms with Gasteiger partial charge in [-0.2, -0.15) is 5.10 Å². The second kappa shape index (κ2) is 7.23. The van der Waals surface area contributed by atoms with Gasteiger partial charge in [0.05, 0.1) is 12.4 Å². The number of phenolic OH excluding ortho intramolecular Hbond substituents is 1. The highest BCUT2D eigenvalue weighted by Gasteiger charge is 2.26. The maximum Gasteiger partial charge on any atom is 0.291 e. The fraction of sp³-hybridized carbons (Fsp3) is 0.400. The summed E-state index contributed by atoms with van der Waals surface area (Å²) in [6, 6.07) is 3.78. The summed E-state index contributed by atoms with van der Waals surface area (Å²) in [5.41, 5.74) is 4.67. The van der Waals surface area contributed by atoms with E-state index < -0.39 is 5.91 Å². The molecule has 0 bridgehead atoms. The van der Waals surface area contributed by atoms with Crippen molar-refractivity contribution in [3.05, 3.63) is 53.1 Å². The minimum absolute atomic E-state index is 0.195. The van der Waals surface area contributed by atoms with Crippen LogP contribution in [0.2, 0.25) is 0 Å². The Kier molecular flexibility index (Phi) is 5.44. The number of nitrogens with zero attached hydrogens (tertiary/aromatic N) is 3. The summed E-state index contributed by atoms with van der Waals surface area (Å²) >= 11 is 0. The lowest BCUT2D eigenvalue weighted by atomic mass is 9.78. The number of carbonyl (C=O) groups excluding carboxylic acids is 1. The van der Waals surface area contributed by atoms with E-state index in [1.165, 1.54) is 18.6 Å². The molecule has 0 aliphatic heterocycles. The summed E-state index contributed by atoms with van der Waals surface area (Å²) in [5, 5.41) is 14.7. The molecule has 138 valence electrons. The van der Waals surface area contributed by atoms with Crippen LogP contribution in [0, 0.1) is 0 Å². The van der Waals surface area contributed by atoms with E-state index >= 15 is 0 Å². The summed E-state index contributed by atoms with van der Waals surface area (Å²) < 4.78 is 0. The molecule has 0 fully saturated rings. The van der Waals surface area contributed by atoms with Crippen molar-refractivity contribution in [1.29, 1.82) is 0 Å². The highest BCUT2D eigenvalue weighted by molar-refractivity contribution is 5.92. The first kappa shape index (κ1) is 19.6. The number of amides is 1. The van der Waals surface area contributed by atoms with E-state index in [1.807, 2.05) is 53.7 Å². The predicted octanol–water partition coefficient (Wildman–Crippen LogP) is 3.54. The van der Waals surface area contributed by atoms with Crippen molar-refractivity contribution < 1.29 is 9.90 Å². The van der Waals surface area contributed by atoms with Crippen LogP contribution in [0.3, 0.4) is 0 Å². The smallest absolute Gasteiger partial charge is 0.291 e. The maximum atomic E-state index is 12.0. The number of hydrazone groups is 1. The van der Waals surface area contributed by atoms with Gasteiger partial charge in [0.2, 0.25) is 0 Å². The third kappa shape index (κ3) is 4.65. The Morgan fingerprint density at radius 2 is 1.65 bits per heavy atom. The van der Waals surface area contributed by atoms with Crippen LogP contribution in [-0.2, 0) is 10.8 Å². The Hall–Kier alpha value is -2.76. The van der Waals surface area contributed by atoms with Gasteiger partial charge in [0.1, 0.15) is 11.4 Å². The van der Waals surface area contributed by atoms with Crippen molar-refractivity contribution in [3.63, 3.8) is 0 Å². The van der Waals surface area contributed by atoms with Crippen LogP contribution in [0.4, 0.5) is 0 Å². The number of rotatable bonds is 3. The molecule has 0 radical (unpaired) electrons. The maximum absolute atomic E-state index is 12.0. The highest BCUT2D eigenvalue weighted by atomic mass is 16.3. The molecule has 0 atom stereocenters. The summed E-state index contributed by atoms with van der Waals surface area (Å²) in [6.07, 6.45) is 5.89. The second-order valence-electron chi connectivity index (χ2n) is 8.25. The monoisotopic (exact) mass is 354 g/mol. The molecule has 1 aromatic carbocycles. The van der Waals surface area contributed by atoms with Gasteiger partial charge in [-0.3, -0.25) is 9.78 Å². The summed E-state index contributed by atoms with van der Waals surface area (Å²) in [4.78, 5) is 19.8. The van der Waals surface area contributed by atoms with Gasteiger partial charge in [-0.15, -0.1) is 0 Å². The lowest BCUT2D eigenvalue weighted by Gasteiger charge is -2.27. The summed E-state index contributed by atoms with van der Waals surface area (Å²) in [6.45, 7) is 12.3. The largest absolute Gasteiger partial charge is 0.507 e. The van der Waals surface area contributed by atoms with Crippen molar-refractivity contribution in [2.45, 2.75) is 52.4 Å². The van der Waals surface area contributed by atoms with Gasteiger partial charge < -0.3 is 5.11 Å². The van der Waals surface area contributed by atoms with Gasteiger partial charge in [0.25, 0.3) is 5.91 Å². The molecule has 2 rings (SSSR count). The molecule has 1 aromatic heterocycles. The Morgan fingerprint density at radius 3 is 2.12 bits per heavy atom. The standard InChI is InChI=1S/C20H26N4O2/c1-19(2,3)14-9-13(10-15(17(14)25)20(4,5)6)11-23-24-18(26)16-12-21-7-8-22-16/h7-12,25H,1-6H3,(H,24,26). The average molecular weight is 354 g/mol. The zero-order valence-corrected chi connectivity index (χ0v) is 16.2. The van der Waals surface area contributed by atoms with Crippen LogP contribution in [0.5, 0.6) is 5.75 Å². The lowest BCUT2D eigenvalue weighted by molar-refractivity contribution is 0.0949. The van der Waals surface area contributed by atoms with Gasteiger partial charge >= 0.3 is 0 Å². The fourth-order valence-electron chi connectivity index (χ4n) is 2.51. The van der Waals surface area contributed by atoms with Crippen LogP contribution < -0.4 is 5.43 Å². The Labute approximate surface area is 154 Å². The van der Waals surface area contributed by atoms with E-state index in [0.29, 0.717) is 5.75 Å². The van der Waals surface area contributed by atoms with Crippen molar-refractivity contribution in [1.82, 2.24) is 15.4 Å². The van der Waals surface area contributed by atoms with Gasteiger partial charge in [0.15, 0.2) is 0 Å². The Balaban J connectivity index is 2.33. The van der Waals surface area contributed by atoms with Crippen LogP contribution in [0.15, 0.2) is 35.8 Å². The predicted molar refractivity (Wildman–Crippen MR) is 103 cm³/mol. The molecule has 1 amide bonds. The van der Waals surface area contributed by atoms with Crippen LogP contribution in [0.1, 0.15) is 68.7 Å². The van der Waals surface area contributed by atoms with Crippen molar-refractivity contribution >= 4 is 12.1 Å². The van der Waals surface area contributed by atoms with E-state index in [0.717, 1.165) is 16.7 Å². The zero-order chi connectivity index (χ0) is 19.5. The summed E-state index contributed by atoms with van der Waals surface area (Å²) in [5.74, 6) is -0.119. The van der Waals surface area contributed by atoms with Gasteiger partial charge in [-0.1, -0.05) is 41.5 Å². The van der Waals surface area contributed by atoms with Crippen LogP contribution in [0.25, 0.3) is 0 Å². The average Bonchev–Trinajstić information content (AvgIpc) is 2.54. The highest BCUT2D eigenvalue weighted by Crippen LogP contribution is 2.39. The number of aromatic hydroxyl groups is 1. The quantitative estimate of drug-likeness (QED) is 0.652. The molecule has 0 aliphatic rings. The van der Waals surface area contributed by atoms with E-state index in [9.17, 15) is 9.90 Å². The first-order valence-corrected chi connectivity index (χ1v) is 8.47. The number of aromatic nitrogens is 2. The number of benzene rings is 1. The Morgan fingerprint density at radius 1 is 1.08 bits per heavy atom. The molecule has 6 nitrogen and oxygen atoms in total. The fourth-order valence-corrected chi connectivity index (χ4v) is 2.51. The van der Waals surface area contributed by atoms with Gasteiger partial charge in [-0.05, 0) is 28.5 Å². The molecule has 6 heteroatoms. The molecule has 2 aromatic rings. The van der Waals surface area contributed by atoms with Gasteiger partial charge in [0, 0.05) is 23.5 Å². The van der Waals surface area contributed by atoms with E-state index in [4.69, 9.17) is 0 Å². The molecular formula is C20H26N4O2. The van der Waals surface area contributed by atoms with Crippen molar-refractivity contribution in [2.75, 3.05) is 0 Å². The molecule has 1 heterocycles. The number of hydrogen-bond donors (Lipinski definition) is 2. The van der Waals surface area contributed by atoms with Crippen molar-refractivity contribution in [3.8, 4) is 5.75 Å². The Bertz CT molecular complexity index is 781. The molecule has 0 aliphatic carbocycles. The molecule has 0 unspecified atom stereocenters. The third-order valence-electron chi connectivity index (χ3n) is 3.92. The van der Waals surface area contributed by atoms with Crippen LogP contribution >= 0.6 is 0 Å². The topological polar surface area (TPSA) is 87.5 Å². The number of carbonyl (C=O) groups is 1. The van der Waals surface area contributed by atoms with E-state index in [-0.39, 0.29) is 16.5 Å². The normalized spacial score (nSPS) is 12.4. The third-order valence-corrected chi connectivity index (χ3v) is 3.92. The summed E-state index contributed by atoms with van der Waals surface area (Å²) in [7, 11) is 0. The van der Waals surface area contributed by atoms with Crippen molar-refractivity contribution in [2.24, 2.45) is 5.10 Å². The molecular weight excluding hydrogens is 328 g/mol.